The van der Waals surface area contributed by atoms with Crippen LogP contribution in [0.5, 0.6) is 0 Å². The zero-order chi connectivity index (χ0) is 16.3. The minimum absolute atomic E-state index is 0.0441. The second-order valence-corrected chi connectivity index (χ2v) is 7.97. The SMILES string of the molecule is CN(C)S(=O)(=O)N1CCC(NC(=O)c2ccccc2Cl)CC1. The van der Waals surface area contributed by atoms with Crippen LogP contribution in [0.3, 0.4) is 0 Å². The first-order valence-electron chi connectivity index (χ1n) is 7.05. The molecule has 1 fully saturated rings. The van der Waals surface area contributed by atoms with Crippen molar-refractivity contribution < 1.29 is 13.2 Å². The monoisotopic (exact) mass is 345 g/mol. The molecule has 1 saturated heterocycles. The normalized spacial score (nSPS) is 17.6. The number of carbonyl (C=O) groups excluding carboxylic acids is 1. The van der Waals surface area contributed by atoms with Crippen molar-refractivity contribution in [2.75, 3.05) is 27.2 Å². The van der Waals surface area contributed by atoms with Crippen LogP contribution in [-0.2, 0) is 10.2 Å². The van der Waals surface area contributed by atoms with E-state index in [1.165, 1.54) is 22.7 Å². The third-order valence-electron chi connectivity index (χ3n) is 3.70. The average Bonchev–Trinajstić information content (AvgIpc) is 2.48. The summed E-state index contributed by atoms with van der Waals surface area (Å²) in [6, 6.07) is 6.82. The van der Waals surface area contributed by atoms with Gasteiger partial charge in [0.25, 0.3) is 16.1 Å². The Bertz CT molecular complexity index is 640. The van der Waals surface area contributed by atoms with Gasteiger partial charge in [0.1, 0.15) is 0 Å². The van der Waals surface area contributed by atoms with Gasteiger partial charge in [-0.2, -0.15) is 17.0 Å². The Hall–Kier alpha value is -1.15. The number of benzene rings is 1. The molecule has 0 unspecified atom stereocenters. The molecule has 1 aliphatic rings. The quantitative estimate of drug-likeness (QED) is 0.895. The fourth-order valence-electron chi connectivity index (χ4n) is 2.37. The summed E-state index contributed by atoms with van der Waals surface area (Å²) in [5.74, 6) is -0.223. The topological polar surface area (TPSA) is 69.7 Å². The molecule has 1 aromatic carbocycles. The van der Waals surface area contributed by atoms with Gasteiger partial charge in [0.2, 0.25) is 0 Å². The molecule has 0 saturated carbocycles. The van der Waals surface area contributed by atoms with E-state index >= 15 is 0 Å². The first-order chi connectivity index (χ1) is 10.3. The van der Waals surface area contributed by atoms with E-state index in [0.29, 0.717) is 36.5 Å². The smallest absolute Gasteiger partial charge is 0.281 e. The number of piperidine rings is 1. The first kappa shape index (κ1) is 17.2. The van der Waals surface area contributed by atoms with Gasteiger partial charge in [-0.1, -0.05) is 23.7 Å². The van der Waals surface area contributed by atoms with E-state index in [0.717, 1.165) is 0 Å². The number of carbonyl (C=O) groups is 1. The molecule has 8 heteroatoms. The third-order valence-corrected chi connectivity index (χ3v) is 5.97. The fraction of sp³-hybridized carbons (Fsp3) is 0.500. The maximum Gasteiger partial charge on any atom is 0.281 e. The molecule has 0 aromatic heterocycles. The van der Waals surface area contributed by atoms with Crippen LogP contribution in [0.2, 0.25) is 5.02 Å². The fourth-order valence-corrected chi connectivity index (χ4v) is 3.73. The lowest BCUT2D eigenvalue weighted by Crippen LogP contribution is -2.49. The molecule has 6 nitrogen and oxygen atoms in total. The molecule has 22 heavy (non-hydrogen) atoms. The van der Waals surface area contributed by atoms with Gasteiger partial charge in [-0.05, 0) is 25.0 Å². The number of hydrogen-bond donors (Lipinski definition) is 1. The Morgan fingerprint density at radius 3 is 2.41 bits per heavy atom. The maximum absolute atomic E-state index is 12.2. The Morgan fingerprint density at radius 1 is 1.27 bits per heavy atom. The van der Waals surface area contributed by atoms with Crippen LogP contribution >= 0.6 is 11.6 Å². The number of halogens is 1. The van der Waals surface area contributed by atoms with Crippen LogP contribution in [0, 0.1) is 0 Å². The van der Waals surface area contributed by atoms with Crippen molar-refractivity contribution in [3.05, 3.63) is 34.9 Å². The number of nitrogens with zero attached hydrogens (tertiary/aromatic N) is 2. The summed E-state index contributed by atoms with van der Waals surface area (Å²) in [6.45, 7) is 0.794. The van der Waals surface area contributed by atoms with Crippen molar-refractivity contribution in [2.24, 2.45) is 0 Å². The van der Waals surface area contributed by atoms with E-state index in [4.69, 9.17) is 11.6 Å². The molecule has 0 atom stereocenters. The second-order valence-electron chi connectivity index (χ2n) is 5.42. The Kier molecular flexibility index (Phi) is 5.44. The van der Waals surface area contributed by atoms with Gasteiger partial charge in [-0.15, -0.1) is 0 Å². The van der Waals surface area contributed by atoms with Crippen LogP contribution in [-0.4, -0.2) is 56.2 Å². The van der Waals surface area contributed by atoms with E-state index in [-0.39, 0.29) is 11.9 Å². The zero-order valence-electron chi connectivity index (χ0n) is 12.6. The Balaban J connectivity index is 1.93. The van der Waals surface area contributed by atoms with E-state index in [1.54, 1.807) is 24.3 Å². The van der Waals surface area contributed by atoms with Crippen LogP contribution in [0.25, 0.3) is 0 Å². The lowest BCUT2D eigenvalue weighted by atomic mass is 10.1. The molecular weight excluding hydrogens is 326 g/mol. The van der Waals surface area contributed by atoms with E-state index in [9.17, 15) is 13.2 Å². The summed E-state index contributed by atoms with van der Waals surface area (Å²) < 4.78 is 26.7. The minimum Gasteiger partial charge on any atom is -0.349 e. The number of nitrogens with one attached hydrogen (secondary N) is 1. The van der Waals surface area contributed by atoms with Crippen molar-refractivity contribution in [3.63, 3.8) is 0 Å². The second kappa shape index (κ2) is 6.95. The molecule has 0 bridgehead atoms. The van der Waals surface area contributed by atoms with Crippen molar-refractivity contribution in [1.82, 2.24) is 13.9 Å². The zero-order valence-corrected chi connectivity index (χ0v) is 14.2. The molecule has 0 aliphatic carbocycles. The number of hydrogen-bond acceptors (Lipinski definition) is 3. The number of rotatable bonds is 4. The molecule has 0 spiro atoms. The van der Waals surface area contributed by atoms with Gasteiger partial charge < -0.3 is 5.32 Å². The van der Waals surface area contributed by atoms with Crippen LogP contribution in [0.15, 0.2) is 24.3 Å². The van der Waals surface area contributed by atoms with Gasteiger partial charge in [-0.25, -0.2) is 0 Å². The number of amides is 1. The van der Waals surface area contributed by atoms with Gasteiger partial charge in [0.05, 0.1) is 10.6 Å². The molecule has 2 rings (SSSR count). The van der Waals surface area contributed by atoms with Crippen LogP contribution < -0.4 is 5.32 Å². The predicted octanol–water partition coefficient (Wildman–Crippen LogP) is 1.34. The maximum atomic E-state index is 12.2. The third kappa shape index (κ3) is 3.78. The minimum atomic E-state index is -3.38. The molecule has 1 N–H and O–H groups in total. The van der Waals surface area contributed by atoms with Gasteiger partial charge >= 0.3 is 0 Å². The first-order valence-corrected chi connectivity index (χ1v) is 8.83. The van der Waals surface area contributed by atoms with Crippen LogP contribution in [0.1, 0.15) is 23.2 Å². The Morgan fingerprint density at radius 2 is 1.86 bits per heavy atom. The standard InChI is InChI=1S/C14H20ClN3O3S/c1-17(2)22(20,21)18-9-7-11(8-10-18)16-14(19)12-5-3-4-6-13(12)15/h3-6,11H,7-10H2,1-2H3,(H,16,19). The molecule has 1 aliphatic heterocycles. The van der Waals surface area contributed by atoms with E-state index in [2.05, 4.69) is 5.32 Å². The molecule has 1 heterocycles. The lowest BCUT2D eigenvalue weighted by molar-refractivity contribution is 0.0923. The highest BCUT2D eigenvalue weighted by atomic mass is 35.5. The summed E-state index contributed by atoms with van der Waals surface area (Å²) in [5, 5.41) is 3.33. The largest absolute Gasteiger partial charge is 0.349 e. The highest BCUT2D eigenvalue weighted by molar-refractivity contribution is 7.86. The van der Waals surface area contributed by atoms with E-state index < -0.39 is 10.2 Å². The highest BCUT2D eigenvalue weighted by Gasteiger charge is 2.30. The lowest BCUT2D eigenvalue weighted by Gasteiger charge is -2.33. The highest BCUT2D eigenvalue weighted by Crippen LogP contribution is 2.18. The summed E-state index contributed by atoms with van der Waals surface area (Å²) in [7, 11) is -0.349. The summed E-state index contributed by atoms with van der Waals surface area (Å²) in [4.78, 5) is 12.2. The summed E-state index contributed by atoms with van der Waals surface area (Å²) in [5.41, 5.74) is 0.438. The molecular formula is C14H20ClN3O3S. The van der Waals surface area contributed by atoms with Crippen LogP contribution in [0.4, 0.5) is 0 Å². The molecule has 122 valence electrons. The van der Waals surface area contributed by atoms with Crippen molar-refractivity contribution in [3.8, 4) is 0 Å². The summed E-state index contributed by atoms with van der Waals surface area (Å²) >= 11 is 6.00. The molecule has 1 aromatic rings. The van der Waals surface area contributed by atoms with Gasteiger partial charge in [0, 0.05) is 33.2 Å². The molecule has 0 radical (unpaired) electrons. The van der Waals surface area contributed by atoms with Gasteiger partial charge in [0.15, 0.2) is 0 Å². The predicted molar refractivity (Wildman–Crippen MR) is 86.1 cm³/mol. The summed E-state index contributed by atoms with van der Waals surface area (Å²) in [6.07, 6.45) is 1.17. The van der Waals surface area contributed by atoms with E-state index in [1.807, 2.05) is 0 Å². The average molecular weight is 346 g/mol. The van der Waals surface area contributed by atoms with Crippen molar-refractivity contribution in [1.29, 1.82) is 0 Å². The van der Waals surface area contributed by atoms with Crippen molar-refractivity contribution in [2.45, 2.75) is 18.9 Å². The van der Waals surface area contributed by atoms with Gasteiger partial charge in [-0.3, -0.25) is 4.79 Å². The van der Waals surface area contributed by atoms with Crippen molar-refractivity contribution >= 4 is 27.7 Å². The molecule has 1 amide bonds. The Labute approximate surface area is 136 Å².